The molecule has 0 aliphatic rings. The summed E-state index contributed by atoms with van der Waals surface area (Å²) < 4.78 is 33.5. The van der Waals surface area contributed by atoms with Crippen molar-refractivity contribution in [2.24, 2.45) is 0 Å². The van der Waals surface area contributed by atoms with E-state index in [1.54, 1.807) is 24.3 Å². The molecule has 0 aliphatic carbocycles. The van der Waals surface area contributed by atoms with Crippen LogP contribution in [0.5, 0.6) is 5.75 Å². The Balaban J connectivity index is 2.57. The first-order valence-electron chi connectivity index (χ1n) is 7.01. The Morgan fingerprint density at radius 2 is 1.50 bits per heavy atom. The van der Waals surface area contributed by atoms with E-state index in [1.165, 1.54) is 7.11 Å². The van der Waals surface area contributed by atoms with Crippen LogP contribution in [0.2, 0.25) is 0 Å². The van der Waals surface area contributed by atoms with E-state index >= 15 is 0 Å². The van der Waals surface area contributed by atoms with Gasteiger partial charge < -0.3 is 4.74 Å². The van der Waals surface area contributed by atoms with Crippen LogP contribution in [0.3, 0.4) is 0 Å². The first kappa shape index (κ1) is 16.4. The molecule has 1 N–H and O–H groups in total. The van der Waals surface area contributed by atoms with Gasteiger partial charge in [-0.1, -0.05) is 18.2 Å². The smallest absolute Gasteiger partial charge is 0.262 e. The molecule has 118 valence electrons. The first-order valence-corrected chi connectivity index (χ1v) is 8.49. The van der Waals surface area contributed by atoms with Crippen molar-refractivity contribution in [2.45, 2.75) is 32.6 Å². The summed E-state index contributed by atoms with van der Waals surface area (Å²) >= 11 is 0. The second-order valence-electron chi connectivity index (χ2n) is 5.40. The highest BCUT2D eigenvalue weighted by atomic mass is 32.2. The summed E-state index contributed by atoms with van der Waals surface area (Å²) in [5.41, 5.74) is 3.89. The molecule has 0 bridgehead atoms. The largest absolute Gasteiger partial charge is 0.495 e. The summed E-state index contributed by atoms with van der Waals surface area (Å²) in [6.45, 7) is 7.50. The summed E-state index contributed by atoms with van der Waals surface area (Å²) in [5, 5.41) is 0. The van der Waals surface area contributed by atoms with Crippen LogP contribution in [-0.4, -0.2) is 15.5 Å². The Bertz CT molecular complexity index is 785. The van der Waals surface area contributed by atoms with Gasteiger partial charge in [0.15, 0.2) is 0 Å². The standard InChI is InChI=1S/C17H21NO3S/c1-11-10-12(2)14(4)17(13(11)3)22(19,20)18-15-8-6-7-9-16(15)21-5/h6-10,18H,1-5H3. The van der Waals surface area contributed by atoms with Crippen molar-refractivity contribution in [3.8, 4) is 5.75 Å². The maximum Gasteiger partial charge on any atom is 0.262 e. The van der Waals surface area contributed by atoms with E-state index in [4.69, 9.17) is 4.74 Å². The fourth-order valence-corrected chi connectivity index (χ4v) is 4.20. The number of aryl methyl sites for hydroxylation is 2. The first-order chi connectivity index (χ1) is 10.3. The fraction of sp³-hybridized carbons (Fsp3) is 0.294. The van der Waals surface area contributed by atoms with E-state index in [1.807, 2.05) is 33.8 Å². The minimum Gasteiger partial charge on any atom is -0.495 e. The molecular weight excluding hydrogens is 298 g/mol. The van der Waals surface area contributed by atoms with Crippen molar-refractivity contribution in [3.63, 3.8) is 0 Å². The number of methoxy groups -OCH3 is 1. The zero-order valence-corrected chi connectivity index (χ0v) is 14.3. The predicted molar refractivity (Wildman–Crippen MR) is 89.2 cm³/mol. The molecule has 2 aromatic rings. The third-order valence-electron chi connectivity index (χ3n) is 3.92. The quantitative estimate of drug-likeness (QED) is 0.934. The maximum atomic E-state index is 12.8. The number of anilines is 1. The van der Waals surface area contributed by atoms with Gasteiger partial charge in [0.2, 0.25) is 0 Å². The van der Waals surface area contributed by atoms with E-state index in [0.29, 0.717) is 16.3 Å². The third-order valence-corrected chi connectivity index (χ3v) is 5.56. The van der Waals surface area contributed by atoms with Gasteiger partial charge in [-0.05, 0) is 62.1 Å². The van der Waals surface area contributed by atoms with E-state index in [9.17, 15) is 8.42 Å². The number of para-hydroxylation sites is 2. The fourth-order valence-electron chi connectivity index (χ4n) is 2.51. The summed E-state index contributed by atoms with van der Waals surface area (Å²) in [4.78, 5) is 0.343. The van der Waals surface area contributed by atoms with Gasteiger partial charge in [-0.15, -0.1) is 0 Å². The predicted octanol–water partition coefficient (Wildman–Crippen LogP) is 3.73. The van der Waals surface area contributed by atoms with Crippen LogP contribution in [0, 0.1) is 27.7 Å². The lowest BCUT2D eigenvalue weighted by Gasteiger charge is -2.17. The van der Waals surface area contributed by atoms with Crippen LogP contribution in [0.25, 0.3) is 0 Å². The second kappa shape index (κ2) is 6.01. The summed E-state index contributed by atoms with van der Waals surface area (Å²) in [7, 11) is -2.17. The summed E-state index contributed by atoms with van der Waals surface area (Å²) in [6.07, 6.45) is 0. The van der Waals surface area contributed by atoms with Gasteiger partial charge in [0, 0.05) is 0 Å². The Morgan fingerprint density at radius 1 is 0.955 bits per heavy atom. The average molecular weight is 319 g/mol. The van der Waals surface area contributed by atoms with Gasteiger partial charge in [0.05, 0.1) is 17.7 Å². The van der Waals surface area contributed by atoms with Crippen molar-refractivity contribution in [3.05, 3.63) is 52.6 Å². The SMILES string of the molecule is COc1ccccc1NS(=O)(=O)c1c(C)c(C)cc(C)c1C. The highest BCUT2D eigenvalue weighted by Crippen LogP contribution is 2.30. The van der Waals surface area contributed by atoms with Crippen molar-refractivity contribution in [2.75, 3.05) is 11.8 Å². The van der Waals surface area contributed by atoms with Gasteiger partial charge in [-0.3, -0.25) is 4.72 Å². The molecule has 0 radical (unpaired) electrons. The third kappa shape index (κ3) is 2.95. The number of ether oxygens (including phenoxy) is 1. The summed E-state index contributed by atoms with van der Waals surface area (Å²) in [5.74, 6) is 0.491. The van der Waals surface area contributed by atoms with Crippen molar-refractivity contribution in [1.29, 1.82) is 0 Å². The molecule has 0 aromatic heterocycles. The molecule has 0 atom stereocenters. The normalized spacial score (nSPS) is 11.3. The maximum absolute atomic E-state index is 12.8. The van der Waals surface area contributed by atoms with E-state index in [2.05, 4.69) is 4.72 Å². The van der Waals surface area contributed by atoms with E-state index in [-0.39, 0.29) is 0 Å². The van der Waals surface area contributed by atoms with E-state index in [0.717, 1.165) is 22.3 Å². The van der Waals surface area contributed by atoms with Crippen molar-refractivity contribution in [1.82, 2.24) is 0 Å². The molecule has 0 heterocycles. The number of rotatable bonds is 4. The molecule has 5 heteroatoms. The molecule has 22 heavy (non-hydrogen) atoms. The number of nitrogens with one attached hydrogen (secondary N) is 1. The second-order valence-corrected chi connectivity index (χ2v) is 7.01. The number of hydrogen-bond acceptors (Lipinski definition) is 3. The number of sulfonamides is 1. The molecular formula is C17H21NO3S. The van der Waals surface area contributed by atoms with Gasteiger partial charge in [-0.25, -0.2) is 8.42 Å². The van der Waals surface area contributed by atoms with Gasteiger partial charge in [-0.2, -0.15) is 0 Å². The molecule has 0 fully saturated rings. The molecule has 0 spiro atoms. The zero-order chi connectivity index (χ0) is 16.5. The van der Waals surface area contributed by atoms with Gasteiger partial charge in [0.1, 0.15) is 5.75 Å². The van der Waals surface area contributed by atoms with Crippen LogP contribution < -0.4 is 9.46 Å². The van der Waals surface area contributed by atoms with Crippen LogP contribution in [0.1, 0.15) is 22.3 Å². The molecule has 2 aromatic carbocycles. The molecule has 2 rings (SSSR count). The average Bonchev–Trinajstić information content (AvgIpc) is 2.45. The Hall–Kier alpha value is -2.01. The lowest BCUT2D eigenvalue weighted by molar-refractivity contribution is 0.417. The zero-order valence-electron chi connectivity index (χ0n) is 13.5. The Kier molecular flexibility index (Phi) is 4.47. The Morgan fingerprint density at radius 3 is 2.05 bits per heavy atom. The van der Waals surface area contributed by atoms with Crippen molar-refractivity contribution >= 4 is 15.7 Å². The molecule has 0 saturated heterocycles. The molecule has 0 saturated carbocycles. The molecule has 0 unspecified atom stereocenters. The minimum atomic E-state index is -3.68. The van der Waals surface area contributed by atoms with Crippen LogP contribution in [0.15, 0.2) is 35.2 Å². The van der Waals surface area contributed by atoms with Gasteiger partial charge >= 0.3 is 0 Å². The number of hydrogen-bond donors (Lipinski definition) is 1. The monoisotopic (exact) mass is 319 g/mol. The lowest BCUT2D eigenvalue weighted by atomic mass is 10.0. The topological polar surface area (TPSA) is 55.4 Å². The van der Waals surface area contributed by atoms with Gasteiger partial charge in [0.25, 0.3) is 10.0 Å². The molecule has 0 aliphatic heterocycles. The minimum absolute atomic E-state index is 0.343. The Labute approximate surface area is 132 Å². The summed E-state index contributed by atoms with van der Waals surface area (Å²) in [6, 6.07) is 8.97. The number of benzene rings is 2. The van der Waals surface area contributed by atoms with E-state index < -0.39 is 10.0 Å². The van der Waals surface area contributed by atoms with Crippen LogP contribution in [-0.2, 0) is 10.0 Å². The van der Waals surface area contributed by atoms with Crippen molar-refractivity contribution < 1.29 is 13.2 Å². The van der Waals surface area contributed by atoms with Crippen LogP contribution >= 0.6 is 0 Å². The highest BCUT2D eigenvalue weighted by Gasteiger charge is 2.23. The molecule has 4 nitrogen and oxygen atoms in total. The molecule has 0 amide bonds. The lowest BCUT2D eigenvalue weighted by Crippen LogP contribution is -2.17. The highest BCUT2D eigenvalue weighted by molar-refractivity contribution is 7.92. The van der Waals surface area contributed by atoms with Crippen LogP contribution in [0.4, 0.5) is 5.69 Å².